The van der Waals surface area contributed by atoms with E-state index in [9.17, 15) is 19.8 Å². The van der Waals surface area contributed by atoms with E-state index in [1.165, 1.54) is 0 Å². The second-order valence-corrected chi connectivity index (χ2v) is 6.92. The summed E-state index contributed by atoms with van der Waals surface area (Å²) in [6.45, 7) is 10.6. The topological polar surface area (TPSA) is 111 Å². The predicted octanol–water partition coefficient (Wildman–Crippen LogP) is 0.322. The molecule has 0 spiro atoms. The van der Waals surface area contributed by atoms with Crippen LogP contribution in [0.15, 0.2) is 4.99 Å². The van der Waals surface area contributed by atoms with Crippen LogP contribution in [0.2, 0.25) is 0 Å². The number of carboxylic acids is 1. The molecule has 0 aromatic carbocycles. The molecule has 0 N–H and O–H groups in total. The Kier molecular flexibility index (Phi) is 14.6. The molecule has 0 saturated carbocycles. The first-order chi connectivity index (χ1) is 11.0. The number of aliphatic imine (C=N–C) groups is 1. The van der Waals surface area contributed by atoms with Crippen LogP contribution in [0.25, 0.3) is 0 Å². The van der Waals surface area contributed by atoms with Crippen molar-refractivity contribution in [2.24, 2.45) is 28.7 Å². The van der Waals surface area contributed by atoms with Crippen molar-refractivity contribution in [3.63, 3.8) is 0 Å². The molecule has 0 aliphatic heterocycles. The fraction of sp³-hybridized carbons (Fsp3) is 0.824. The van der Waals surface area contributed by atoms with Crippen LogP contribution in [0, 0.1) is 23.7 Å². The van der Waals surface area contributed by atoms with Gasteiger partial charge in [-0.25, -0.2) is 0 Å². The van der Waals surface area contributed by atoms with Crippen molar-refractivity contribution in [2.45, 2.75) is 60.7 Å². The Labute approximate surface area is 180 Å². The summed E-state index contributed by atoms with van der Waals surface area (Å²) in [6.07, 6.45) is -0.911. The minimum absolute atomic E-state index is 0. The molecule has 0 aliphatic rings. The summed E-state index contributed by atoms with van der Waals surface area (Å²) in [5.74, 6) is -2.80. The number of hydrogen-bond acceptors (Lipinski definition) is 7. The van der Waals surface area contributed by atoms with E-state index in [0.29, 0.717) is 18.8 Å². The minimum Gasteiger partial charge on any atom is -0.563 e. The number of nitrogens with zero attached hydrogens (tertiary/aromatic N) is 1. The van der Waals surface area contributed by atoms with E-state index in [1.54, 1.807) is 27.7 Å². The van der Waals surface area contributed by atoms with Crippen molar-refractivity contribution in [3.05, 3.63) is 0 Å². The third kappa shape index (κ3) is 12.5. The molecule has 0 heterocycles. The second kappa shape index (κ2) is 13.6. The molecule has 1 unspecified atom stereocenters. The third-order valence-corrected chi connectivity index (χ3v) is 3.33. The molecule has 0 radical (unpaired) electrons. The van der Waals surface area contributed by atoms with Crippen molar-refractivity contribution in [3.8, 4) is 0 Å². The number of carbonyl (C=O) groups excluding carboxylic acids is 2. The number of ether oxygens (including phenoxy) is 2. The Morgan fingerprint density at radius 1 is 0.960 bits per heavy atom. The van der Waals surface area contributed by atoms with Crippen molar-refractivity contribution in [1.82, 2.24) is 0 Å². The maximum Gasteiger partial charge on any atom is 2.00 e. The largest absolute Gasteiger partial charge is 2.00 e. The molecule has 0 aromatic heterocycles. The molecule has 0 rings (SSSR count). The molecular formula is C17H29CaNO6. The Morgan fingerprint density at radius 3 is 1.92 bits per heavy atom. The summed E-state index contributed by atoms with van der Waals surface area (Å²) in [5.41, 5.74) is 0. The zero-order valence-electron chi connectivity index (χ0n) is 16.1. The molecule has 0 saturated heterocycles. The zero-order chi connectivity index (χ0) is 18.9. The fourth-order valence-corrected chi connectivity index (χ4v) is 1.69. The van der Waals surface area contributed by atoms with E-state index < -0.39 is 30.2 Å². The van der Waals surface area contributed by atoms with Gasteiger partial charge in [-0.2, -0.15) is 0 Å². The average Bonchev–Trinajstić information content (AvgIpc) is 2.45. The Hall–Kier alpha value is -0.530. The quantitative estimate of drug-likeness (QED) is 0.177. The van der Waals surface area contributed by atoms with Crippen molar-refractivity contribution in [1.29, 1.82) is 0 Å². The molecule has 8 heteroatoms. The maximum absolute atomic E-state index is 11.8. The van der Waals surface area contributed by atoms with Gasteiger partial charge < -0.3 is 24.5 Å². The van der Waals surface area contributed by atoms with Gasteiger partial charge in [0.15, 0.2) is 6.29 Å². The number of rotatable bonds is 10. The molecule has 7 nitrogen and oxygen atoms in total. The summed E-state index contributed by atoms with van der Waals surface area (Å²) in [7, 11) is 0. The van der Waals surface area contributed by atoms with E-state index in [4.69, 9.17) is 9.47 Å². The molecule has 0 bridgehead atoms. The number of esters is 1. The smallest absolute Gasteiger partial charge is 0.563 e. The summed E-state index contributed by atoms with van der Waals surface area (Å²) in [4.78, 5) is 26.3. The van der Waals surface area contributed by atoms with Crippen LogP contribution in [-0.4, -0.2) is 68.6 Å². The first-order valence-corrected chi connectivity index (χ1v) is 8.34. The molecule has 0 aromatic rings. The van der Waals surface area contributed by atoms with Crippen molar-refractivity contribution in [2.75, 3.05) is 6.54 Å². The third-order valence-electron chi connectivity index (χ3n) is 3.33. The van der Waals surface area contributed by atoms with Gasteiger partial charge >= 0.3 is 43.7 Å². The maximum atomic E-state index is 11.8. The van der Waals surface area contributed by atoms with Gasteiger partial charge in [-0.05, 0) is 12.3 Å². The monoisotopic (exact) mass is 383 g/mol. The van der Waals surface area contributed by atoms with E-state index in [2.05, 4.69) is 4.99 Å². The van der Waals surface area contributed by atoms with E-state index in [-0.39, 0.29) is 56.1 Å². The summed E-state index contributed by atoms with van der Waals surface area (Å²) < 4.78 is 10.1. The summed E-state index contributed by atoms with van der Waals surface area (Å²) in [6, 6.07) is 0. The SMILES string of the molecule is CC(C)CCC(CN=C([O-])O[C@H](OC(=O)C(C)C)C(C)C)C(=O)[O-].[Ca+2]. The van der Waals surface area contributed by atoms with Gasteiger partial charge in [-0.15, -0.1) is 0 Å². The molecule has 25 heavy (non-hydrogen) atoms. The van der Waals surface area contributed by atoms with Crippen LogP contribution < -0.4 is 10.2 Å². The predicted molar refractivity (Wildman–Crippen MR) is 91.3 cm³/mol. The number of carboxylic acid groups (broad SMARTS) is 1. The zero-order valence-corrected chi connectivity index (χ0v) is 18.3. The van der Waals surface area contributed by atoms with Gasteiger partial charge in [0.1, 0.15) is 6.08 Å². The van der Waals surface area contributed by atoms with Crippen LogP contribution in [0.5, 0.6) is 0 Å². The standard InChI is InChI=1S/C17H31NO6.Ca/c1-10(2)7-8-13(14(19)20)9-18-17(22)24-16(12(5)6)23-15(21)11(3)4;/h10-13,16H,7-9H2,1-6H3,(H,18,22)(H,19,20);/q;+2/p-2/t13?,16-;/m0./s1. The van der Waals surface area contributed by atoms with Crippen molar-refractivity contribution >= 4 is 55.8 Å². The first-order valence-electron chi connectivity index (χ1n) is 8.34. The number of carbonyl (C=O) groups is 2. The molecular weight excluding hydrogens is 354 g/mol. The van der Waals surface area contributed by atoms with Crippen LogP contribution in [0.4, 0.5) is 0 Å². The first kappa shape index (κ1) is 26.7. The van der Waals surface area contributed by atoms with Gasteiger partial charge in [0, 0.05) is 24.3 Å². The van der Waals surface area contributed by atoms with Gasteiger partial charge in [-0.1, -0.05) is 48.0 Å². The van der Waals surface area contributed by atoms with E-state index in [0.717, 1.165) is 0 Å². The minimum atomic E-state index is -1.24. The van der Waals surface area contributed by atoms with E-state index >= 15 is 0 Å². The Bertz CT molecular complexity index is 437. The van der Waals surface area contributed by atoms with E-state index in [1.807, 2.05) is 13.8 Å². The van der Waals surface area contributed by atoms with Gasteiger partial charge in [0.05, 0.1) is 5.92 Å². The Balaban J connectivity index is 0. The van der Waals surface area contributed by atoms with Crippen LogP contribution in [0.3, 0.4) is 0 Å². The number of hydrogen-bond donors (Lipinski definition) is 0. The van der Waals surface area contributed by atoms with Gasteiger partial charge in [0.25, 0.3) is 0 Å². The molecule has 0 aliphatic carbocycles. The summed E-state index contributed by atoms with van der Waals surface area (Å²) >= 11 is 0. The van der Waals surface area contributed by atoms with Gasteiger partial charge in [0.2, 0.25) is 0 Å². The molecule has 0 fully saturated rings. The van der Waals surface area contributed by atoms with Crippen LogP contribution in [0.1, 0.15) is 54.4 Å². The van der Waals surface area contributed by atoms with Crippen molar-refractivity contribution < 1.29 is 29.3 Å². The van der Waals surface area contributed by atoms with Crippen LogP contribution >= 0.6 is 0 Å². The summed E-state index contributed by atoms with van der Waals surface area (Å²) in [5, 5.41) is 22.9. The molecule has 2 atom stereocenters. The molecule has 0 amide bonds. The Morgan fingerprint density at radius 2 is 1.52 bits per heavy atom. The average molecular weight is 383 g/mol. The number of aliphatic carboxylic acids is 1. The second-order valence-electron chi connectivity index (χ2n) is 6.92. The fourth-order valence-electron chi connectivity index (χ4n) is 1.69. The van der Waals surface area contributed by atoms with Gasteiger partial charge in [-0.3, -0.25) is 9.79 Å². The molecule has 140 valence electrons. The van der Waals surface area contributed by atoms with Crippen LogP contribution in [-0.2, 0) is 19.1 Å². The normalized spacial score (nSPS) is 14.2.